The first-order valence-electron chi connectivity index (χ1n) is 7.71. The van der Waals surface area contributed by atoms with Crippen LogP contribution in [0.1, 0.15) is 31.2 Å². The molecule has 2 heterocycles. The Morgan fingerprint density at radius 3 is 2.86 bits per heavy atom. The Labute approximate surface area is 125 Å². The minimum atomic E-state index is 0.120. The first kappa shape index (κ1) is 14.1. The second-order valence-corrected chi connectivity index (χ2v) is 5.58. The van der Waals surface area contributed by atoms with Gasteiger partial charge in [0.1, 0.15) is 6.61 Å². The first-order valence-corrected chi connectivity index (χ1v) is 7.71. The van der Waals surface area contributed by atoms with Crippen molar-refractivity contribution in [2.24, 2.45) is 0 Å². The average molecular weight is 286 g/mol. The van der Waals surface area contributed by atoms with Gasteiger partial charge in [0.15, 0.2) is 0 Å². The maximum Gasteiger partial charge on any atom is 0.248 e. The Morgan fingerprint density at radius 2 is 2.10 bits per heavy atom. The van der Waals surface area contributed by atoms with Gasteiger partial charge in [-0.3, -0.25) is 4.79 Å². The third kappa shape index (κ3) is 2.95. The highest BCUT2D eigenvalue weighted by Gasteiger charge is 2.25. The second-order valence-electron chi connectivity index (χ2n) is 5.58. The fraction of sp³-hybridized carbons (Fsp3) is 0.471. The lowest BCUT2D eigenvalue weighted by Gasteiger charge is -2.32. The largest absolute Gasteiger partial charge is 0.372 e. The normalized spacial score (nSPS) is 16.5. The Bertz CT molecular complexity index is 612. The van der Waals surface area contributed by atoms with E-state index in [1.807, 2.05) is 11.8 Å². The molecule has 0 atom stereocenters. The number of rotatable bonds is 4. The van der Waals surface area contributed by atoms with E-state index in [0.717, 1.165) is 25.9 Å². The van der Waals surface area contributed by atoms with Gasteiger partial charge in [0.2, 0.25) is 5.91 Å². The van der Waals surface area contributed by atoms with Crippen LogP contribution in [0.2, 0.25) is 0 Å². The van der Waals surface area contributed by atoms with Gasteiger partial charge in [0, 0.05) is 36.8 Å². The number of ether oxygens (including phenoxy) is 1. The highest BCUT2D eigenvalue weighted by atomic mass is 16.5. The summed E-state index contributed by atoms with van der Waals surface area (Å²) >= 11 is 0. The molecule has 0 saturated carbocycles. The average Bonchev–Trinajstić information content (AvgIpc) is 2.97. The van der Waals surface area contributed by atoms with Gasteiger partial charge >= 0.3 is 0 Å². The Morgan fingerprint density at radius 1 is 1.33 bits per heavy atom. The Kier molecular flexibility index (Phi) is 4.25. The van der Waals surface area contributed by atoms with E-state index in [1.54, 1.807) is 0 Å². The molecule has 112 valence electrons. The highest BCUT2D eigenvalue weighted by molar-refractivity contribution is 5.83. The number of H-pyrrole nitrogens is 1. The van der Waals surface area contributed by atoms with Crippen molar-refractivity contribution >= 4 is 16.8 Å². The maximum absolute atomic E-state index is 12.0. The van der Waals surface area contributed by atoms with Crippen LogP contribution in [-0.2, 0) is 9.53 Å². The SMILES string of the molecule is CCOCC(=O)N1CCC(c2c[nH]c3ccccc23)CC1. The zero-order chi connectivity index (χ0) is 14.7. The summed E-state index contributed by atoms with van der Waals surface area (Å²) < 4.78 is 5.21. The predicted molar refractivity (Wildman–Crippen MR) is 83.3 cm³/mol. The van der Waals surface area contributed by atoms with Crippen LogP contribution in [0.5, 0.6) is 0 Å². The van der Waals surface area contributed by atoms with Crippen molar-refractivity contribution in [1.29, 1.82) is 0 Å². The van der Waals surface area contributed by atoms with Gasteiger partial charge in [-0.1, -0.05) is 18.2 Å². The van der Waals surface area contributed by atoms with Crippen LogP contribution in [0, 0.1) is 0 Å². The molecule has 0 spiro atoms. The molecular formula is C17H22N2O2. The number of para-hydroxylation sites is 1. The number of fused-ring (bicyclic) bond motifs is 1. The minimum absolute atomic E-state index is 0.120. The number of nitrogens with zero attached hydrogens (tertiary/aromatic N) is 1. The standard InChI is InChI=1S/C17H22N2O2/c1-2-21-12-17(20)19-9-7-13(8-10-19)15-11-18-16-6-4-3-5-14(15)16/h3-6,11,13,18H,2,7-10,12H2,1H3. The van der Waals surface area contributed by atoms with E-state index in [4.69, 9.17) is 4.74 Å². The van der Waals surface area contributed by atoms with E-state index in [0.29, 0.717) is 12.5 Å². The van der Waals surface area contributed by atoms with Crippen LogP contribution in [-0.4, -0.2) is 42.1 Å². The van der Waals surface area contributed by atoms with Gasteiger partial charge < -0.3 is 14.6 Å². The van der Waals surface area contributed by atoms with Gasteiger partial charge in [-0.15, -0.1) is 0 Å². The highest BCUT2D eigenvalue weighted by Crippen LogP contribution is 2.33. The number of benzene rings is 1. The van der Waals surface area contributed by atoms with E-state index < -0.39 is 0 Å². The molecule has 4 heteroatoms. The van der Waals surface area contributed by atoms with Crippen molar-refractivity contribution in [2.45, 2.75) is 25.7 Å². The molecular weight excluding hydrogens is 264 g/mol. The zero-order valence-corrected chi connectivity index (χ0v) is 12.5. The molecule has 0 aliphatic carbocycles. The van der Waals surface area contributed by atoms with Crippen molar-refractivity contribution < 1.29 is 9.53 Å². The van der Waals surface area contributed by atoms with Gasteiger partial charge in [0.05, 0.1) is 0 Å². The molecule has 0 unspecified atom stereocenters. The van der Waals surface area contributed by atoms with E-state index in [2.05, 4.69) is 35.4 Å². The zero-order valence-electron chi connectivity index (χ0n) is 12.5. The summed E-state index contributed by atoms with van der Waals surface area (Å²) in [5.41, 5.74) is 2.59. The first-order chi connectivity index (χ1) is 10.3. The summed E-state index contributed by atoms with van der Waals surface area (Å²) in [5.74, 6) is 0.659. The van der Waals surface area contributed by atoms with Crippen molar-refractivity contribution in [3.05, 3.63) is 36.0 Å². The van der Waals surface area contributed by atoms with Crippen LogP contribution >= 0.6 is 0 Å². The number of aromatic nitrogens is 1. The van der Waals surface area contributed by atoms with Gasteiger partial charge in [-0.25, -0.2) is 0 Å². The summed E-state index contributed by atoms with van der Waals surface area (Å²) in [7, 11) is 0. The number of nitrogens with one attached hydrogen (secondary N) is 1. The monoisotopic (exact) mass is 286 g/mol. The van der Waals surface area contributed by atoms with E-state index in [9.17, 15) is 4.79 Å². The number of aromatic amines is 1. The van der Waals surface area contributed by atoms with Crippen molar-refractivity contribution in [3.8, 4) is 0 Å². The van der Waals surface area contributed by atoms with Crippen LogP contribution in [0.4, 0.5) is 0 Å². The molecule has 1 saturated heterocycles. The van der Waals surface area contributed by atoms with E-state index in [1.165, 1.54) is 16.5 Å². The molecule has 0 radical (unpaired) electrons. The molecule has 1 aromatic carbocycles. The van der Waals surface area contributed by atoms with Crippen molar-refractivity contribution in [3.63, 3.8) is 0 Å². The number of piperidine rings is 1. The summed E-state index contributed by atoms with van der Waals surface area (Å²) in [5, 5.41) is 1.32. The molecule has 1 aliphatic heterocycles. The number of likely N-dealkylation sites (tertiary alicyclic amines) is 1. The molecule has 1 aromatic heterocycles. The molecule has 4 nitrogen and oxygen atoms in total. The summed E-state index contributed by atoms with van der Waals surface area (Å²) in [6.07, 6.45) is 4.19. The van der Waals surface area contributed by atoms with Crippen LogP contribution in [0.15, 0.2) is 30.5 Å². The third-order valence-electron chi connectivity index (χ3n) is 4.34. The van der Waals surface area contributed by atoms with E-state index in [-0.39, 0.29) is 12.5 Å². The maximum atomic E-state index is 12.0. The Hall–Kier alpha value is -1.81. The van der Waals surface area contributed by atoms with Crippen molar-refractivity contribution in [2.75, 3.05) is 26.3 Å². The summed E-state index contributed by atoms with van der Waals surface area (Å²) in [6, 6.07) is 8.42. The summed E-state index contributed by atoms with van der Waals surface area (Å²) in [6.45, 7) is 4.38. The molecule has 2 aromatic rings. The van der Waals surface area contributed by atoms with Crippen LogP contribution in [0.25, 0.3) is 10.9 Å². The molecule has 3 rings (SSSR count). The number of amides is 1. The van der Waals surface area contributed by atoms with E-state index >= 15 is 0 Å². The Balaban J connectivity index is 1.64. The molecule has 1 N–H and O–H groups in total. The molecule has 1 amide bonds. The predicted octanol–water partition coefficient (Wildman–Crippen LogP) is 2.91. The quantitative estimate of drug-likeness (QED) is 0.939. The molecule has 1 fully saturated rings. The minimum Gasteiger partial charge on any atom is -0.372 e. The smallest absolute Gasteiger partial charge is 0.248 e. The lowest BCUT2D eigenvalue weighted by Crippen LogP contribution is -2.39. The molecule has 0 bridgehead atoms. The lowest BCUT2D eigenvalue weighted by molar-refractivity contribution is -0.137. The number of hydrogen-bond acceptors (Lipinski definition) is 2. The van der Waals surface area contributed by atoms with Gasteiger partial charge in [-0.05, 0) is 37.3 Å². The molecule has 21 heavy (non-hydrogen) atoms. The third-order valence-corrected chi connectivity index (χ3v) is 4.34. The number of carbonyl (C=O) groups is 1. The fourth-order valence-corrected chi connectivity index (χ4v) is 3.15. The summed E-state index contributed by atoms with van der Waals surface area (Å²) in [4.78, 5) is 17.2. The van der Waals surface area contributed by atoms with Gasteiger partial charge in [-0.2, -0.15) is 0 Å². The van der Waals surface area contributed by atoms with Crippen LogP contribution < -0.4 is 0 Å². The topological polar surface area (TPSA) is 45.3 Å². The second kappa shape index (κ2) is 6.31. The van der Waals surface area contributed by atoms with Crippen molar-refractivity contribution in [1.82, 2.24) is 9.88 Å². The fourth-order valence-electron chi connectivity index (χ4n) is 3.15. The lowest BCUT2D eigenvalue weighted by atomic mass is 9.89. The van der Waals surface area contributed by atoms with Crippen LogP contribution in [0.3, 0.4) is 0 Å². The van der Waals surface area contributed by atoms with Gasteiger partial charge in [0.25, 0.3) is 0 Å². The number of hydrogen-bond donors (Lipinski definition) is 1. The number of carbonyl (C=O) groups excluding carboxylic acids is 1. The molecule has 1 aliphatic rings.